The topological polar surface area (TPSA) is 73.9 Å². The van der Waals surface area contributed by atoms with Crippen LogP contribution in [-0.2, 0) is 0 Å². The van der Waals surface area contributed by atoms with Gasteiger partial charge in [0, 0.05) is 5.56 Å². The predicted molar refractivity (Wildman–Crippen MR) is 59.3 cm³/mol. The minimum absolute atomic E-state index is 0.177. The summed E-state index contributed by atoms with van der Waals surface area (Å²) < 4.78 is 22.9. The van der Waals surface area contributed by atoms with Crippen LogP contribution >= 0.6 is 0 Å². The highest BCUT2D eigenvalue weighted by molar-refractivity contribution is 5.69. The average molecular weight is 246 g/mol. The maximum absolute atomic E-state index is 13.6. The van der Waals surface area contributed by atoms with Gasteiger partial charge in [-0.1, -0.05) is 0 Å². The molecule has 0 fully saturated rings. The lowest BCUT2D eigenvalue weighted by Gasteiger charge is -2.04. The lowest BCUT2D eigenvalue weighted by atomic mass is 10.1. The third-order valence-corrected chi connectivity index (χ3v) is 2.44. The van der Waals surface area contributed by atoms with E-state index in [-0.39, 0.29) is 11.4 Å². The van der Waals surface area contributed by atoms with E-state index in [9.17, 15) is 4.39 Å². The normalized spacial score (nSPS) is 10.8. The summed E-state index contributed by atoms with van der Waals surface area (Å²) in [4.78, 5) is 8.17. The number of halogens is 1. The van der Waals surface area contributed by atoms with Gasteiger partial charge in [0.2, 0.25) is 11.3 Å². The van der Waals surface area contributed by atoms with Gasteiger partial charge in [-0.3, -0.25) is 0 Å². The van der Waals surface area contributed by atoms with Crippen LogP contribution in [0.4, 0.5) is 4.39 Å². The number of nitrogens with zero attached hydrogens (tertiary/aromatic N) is 4. The van der Waals surface area contributed by atoms with E-state index in [2.05, 4.69) is 24.9 Å². The van der Waals surface area contributed by atoms with Crippen molar-refractivity contribution in [1.29, 1.82) is 0 Å². The van der Waals surface area contributed by atoms with E-state index in [0.717, 1.165) is 0 Å². The Labute approximate surface area is 100 Å². The summed E-state index contributed by atoms with van der Waals surface area (Å²) in [5, 5.41) is 7.13. The summed E-state index contributed by atoms with van der Waals surface area (Å²) in [5.41, 5.74) is 1.65. The van der Waals surface area contributed by atoms with Gasteiger partial charge in [0.05, 0.1) is 19.0 Å². The van der Waals surface area contributed by atoms with E-state index >= 15 is 0 Å². The quantitative estimate of drug-likeness (QED) is 0.686. The van der Waals surface area contributed by atoms with Crippen molar-refractivity contribution >= 4 is 11.3 Å². The fourth-order valence-corrected chi connectivity index (χ4v) is 1.56. The van der Waals surface area contributed by atoms with Crippen molar-refractivity contribution < 1.29 is 13.8 Å². The number of hydrogen-bond donors (Lipinski definition) is 0. The Kier molecular flexibility index (Phi) is 2.36. The smallest absolute Gasteiger partial charge is 0.243 e. The second-order valence-electron chi connectivity index (χ2n) is 3.52. The first-order valence-corrected chi connectivity index (χ1v) is 5.07. The number of fused-ring (bicyclic) bond motifs is 1. The molecule has 0 saturated carbocycles. The highest BCUT2D eigenvalue weighted by atomic mass is 19.1. The van der Waals surface area contributed by atoms with Crippen LogP contribution in [0.15, 0.2) is 29.0 Å². The fourth-order valence-electron chi connectivity index (χ4n) is 1.56. The Hall–Kier alpha value is -2.57. The zero-order chi connectivity index (χ0) is 12.5. The van der Waals surface area contributed by atoms with Crippen molar-refractivity contribution in [3.8, 4) is 17.0 Å². The lowest BCUT2D eigenvalue weighted by Crippen LogP contribution is -1.91. The van der Waals surface area contributed by atoms with E-state index in [4.69, 9.17) is 4.74 Å². The average Bonchev–Trinajstić information content (AvgIpc) is 2.85. The lowest BCUT2D eigenvalue weighted by molar-refractivity contribution is 0.314. The Morgan fingerprint density at radius 2 is 2.06 bits per heavy atom. The number of methoxy groups -OCH3 is 1. The van der Waals surface area contributed by atoms with Crippen molar-refractivity contribution in [2.45, 2.75) is 0 Å². The molecule has 0 atom stereocenters. The highest BCUT2D eigenvalue weighted by Crippen LogP contribution is 2.24. The minimum atomic E-state index is -0.463. The molecule has 0 bridgehead atoms. The van der Waals surface area contributed by atoms with Crippen molar-refractivity contribution in [3.63, 3.8) is 0 Å². The molecule has 0 amide bonds. The predicted octanol–water partition coefficient (Wildman–Crippen LogP) is 1.83. The standard InChI is InChI=1S/C11H7FN4O2/c1-17-9-3-2-6(4-7(9)12)8-5-13-10-11(14-8)16-18-15-10/h2-5H,1H3. The van der Waals surface area contributed by atoms with Gasteiger partial charge in [-0.05, 0) is 28.5 Å². The van der Waals surface area contributed by atoms with Crippen molar-refractivity contribution in [2.24, 2.45) is 0 Å². The third kappa shape index (κ3) is 1.65. The van der Waals surface area contributed by atoms with Crippen molar-refractivity contribution in [1.82, 2.24) is 20.3 Å². The Balaban J connectivity index is 2.10. The summed E-state index contributed by atoms with van der Waals surface area (Å²) in [7, 11) is 1.41. The summed E-state index contributed by atoms with van der Waals surface area (Å²) in [5.74, 6) is -0.286. The largest absolute Gasteiger partial charge is 0.494 e. The zero-order valence-electron chi connectivity index (χ0n) is 9.29. The molecule has 0 spiro atoms. The molecule has 3 rings (SSSR count). The molecule has 7 heteroatoms. The molecule has 1 aromatic carbocycles. The molecule has 3 aromatic rings. The molecule has 0 radical (unpaired) electrons. The maximum Gasteiger partial charge on any atom is 0.243 e. The summed E-state index contributed by atoms with van der Waals surface area (Å²) in [6.07, 6.45) is 1.48. The molecule has 0 aliphatic rings. The van der Waals surface area contributed by atoms with Crippen molar-refractivity contribution in [3.05, 3.63) is 30.2 Å². The maximum atomic E-state index is 13.6. The highest BCUT2D eigenvalue weighted by Gasteiger charge is 2.09. The van der Waals surface area contributed by atoms with Crippen LogP contribution in [0.3, 0.4) is 0 Å². The van der Waals surface area contributed by atoms with Gasteiger partial charge in [-0.2, -0.15) is 0 Å². The van der Waals surface area contributed by atoms with Gasteiger partial charge >= 0.3 is 0 Å². The monoisotopic (exact) mass is 246 g/mol. The van der Waals surface area contributed by atoms with Crippen LogP contribution < -0.4 is 4.74 Å². The van der Waals surface area contributed by atoms with Crippen LogP contribution in [0.1, 0.15) is 0 Å². The first kappa shape index (κ1) is 10.6. The molecule has 6 nitrogen and oxygen atoms in total. The molecular weight excluding hydrogens is 239 g/mol. The molecule has 18 heavy (non-hydrogen) atoms. The van der Waals surface area contributed by atoms with Gasteiger partial charge in [-0.25, -0.2) is 19.0 Å². The second-order valence-corrected chi connectivity index (χ2v) is 3.52. The van der Waals surface area contributed by atoms with E-state index in [1.807, 2.05) is 0 Å². The van der Waals surface area contributed by atoms with E-state index in [1.54, 1.807) is 6.07 Å². The number of rotatable bonds is 2. The van der Waals surface area contributed by atoms with Crippen molar-refractivity contribution in [2.75, 3.05) is 7.11 Å². The first-order valence-electron chi connectivity index (χ1n) is 5.07. The van der Waals surface area contributed by atoms with Crippen LogP contribution in [-0.4, -0.2) is 27.4 Å². The molecule has 0 aliphatic carbocycles. The first-order chi connectivity index (χ1) is 8.78. The SMILES string of the molecule is COc1ccc(-c2cnc3nonc3n2)cc1F. The number of ether oxygens (including phenoxy) is 1. The molecule has 0 aliphatic heterocycles. The van der Waals surface area contributed by atoms with E-state index in [0.29, 0.717) is 16.9 Å². The Morgan fingerprint density at radius 3 is 2.83 bits per heavy atom. The van der Waals surface area contributed by atoms with E-state index < -0.39 is 5.82 Å². The van der Waals surface area contributed by atoms with Crippen LogP contribution in [0.2, 0.25) is 0 Å². The van der Waals surface area contributed by atoms with Gasteiger partial charge in [-0.15, -0.1) is 0 Å². The van der Waals surface area contributed by atoms with E-state index in [1.165, 1.54) is 25.4 Å². The Bertz CT molecular complexity index is 713. The van der Waals surface area contributed by atoms with Gasteiger partial charge < -0.3 is 4.74 Å². The minimum Gasteiger partial charge on any atom is -0.494 e. The molecule has 2 aromatic heterocycles. The van der Waals surface area contributed by atoms with Crippen LogP contribution in [0, 0.1) is 5.82 Å². The Morgan fingerprint density at radius 1 is 1.22 bits per heavy atom. The summed E-state index contributed by atoms with van der Waals surface area (Å²) >= 11 is 0. The molecule has 0 unspecified atom stereocenters. The molecule has 0 N–H and O–H groups in total. The zero-order valence-corrected chi connectivity index (χ0v) is 9.29. The molecule has 0 saturated heterocycles. The second kappa shape index (κ2) is 4.02. The van der Waals surface area contributed by atoms with Crippen LogP contribution in [0.25, 0.3) is 22.6 Å². The fraction of sp³-hybridized carbons (Fsp3) is 0.0909. The van der Waals surface area contributed by atoms with Gasteiger partial charge in [0.15, 0.2) is 11.6 Å². The summed E-state index contributed by atoms with van der Waals surface area (Å²) in [6, 6.07) is 4.53. The molecule has 2 heterocycles. The van der Waals surface area contributed by atoms with Gasteiger partial charge in [0.25, 0.3) is 0 Å². The summed E-state index contributed by atoms with van der Waals surface area (Å²) in [6.45, 7) is 0. The number of aromatic nitrogens is 4. The van der Waals surface area contributed by atoms with Gasteiger partial charge in [0.1, 0.15) is 0 Å². The number of benzene rings is 1. The third-order valence-electron chi connectivity index (χ3n) is 2.44. The number of hydrogen-bond acceptors (Lipinski definition) is 6. The molecule has 90 valence electrons. The molecular formula is C11H7FN4O2. The van der Waals surface area contributed by atoms with Crippen LogP contribution in [0.5, 0.6) is 5.75 Å².